The van der Waals surface area contributed by atoms with Gasteiger partial charge in [0.2, 0.25) is 0 Å². The summed E-state index contributed by atoms with van der Waals surface area (Å²) in [5.41, 5.74) is 10.7. The second-order valence-corrected chi connectivity index (χ2v) is 8.70. The Kier molecular flexibility index (Phi) is 6.23. The summed E-state index contributed by atoms with van der Waals surface area (Å²) in [4.78, 5) is 5.00. The fourth-order valence-corrected chi connectivity index (χ4v) is 4.54. The van der Waals surface area contributed by atoms with Crippen LogP contribution >= 0.6 is 0 Å². The number of nitrogens with two attached hydrogens (primary N) is 1. The summed E-state index contributed by atoms with van der Waals surface area (Å²) >= 11 is 0. The highest BCUT2D eigenvalue weighted by atomic mass is 15.2. The van der Waals surface area contributed by atoms with Crippen molar-refractivity contribution in [1.82, 2.24) is 9.80 Å². The van der Waals surface area contributed by atoms with Crippen LogP contribution < -0.4 is 5.73 Å². The van der Waals surface area contributed by atoms with Crippen LogP contribution in [0.4, 0.5) is 0 Å². The average Bonchev–Trinajstić information content (AvgIpc) is 3.15. The van der Waals surface area contributed by atoms with Gasteiger partial charge in [0.25, 0.3) is 0 Å². The van der Waals surface area contributed by atoms with Crippen molar-refractivity contribution in [2.24, 2.45) is 11.7 Å². The Balaban J connectivity index is 1.76. The van der Waals surface area contributed by atoms with Crippen molar-refractivity contribution in [3.8, 4) is 0 Å². The normalized spacial score (nSPS) is 25.8. The number of rotatable bonds is 7. The number of hydrogen-bond acceptors (Lipinski definition) is 3. The Hall–Kier alpha value is -1.84. The first-order chi connectivity index (χ1) is 12.9. The molecular weight excluding hydrogens is 330 g/mol. The predicted molar refractivity (Wildman–Crippen MR) is 117 cm³/mol. The van der Waals surface area contributed by atoms with Gasteiger partial charge in [0.1, 0.15) is 0 Å². The van der Waals surface area contributed by atoms with Crippen molar-refractivity contribution in [2.45, 2.75) is 31.6 Å². The van der Waals surface area contributed by atoms with Crippen molar-refractivity contribution in [2.75, 3.05) is 40.3 Å². The molecule has 146 valence electrons. The van der Waals surface area contributed by atoms with E-state index in [2.05, 4.69) is 79.9 Å². The highest BCUT2D eigenvalue weighted by Crippen LogP contribution is 2.40. The van der Waals surface area contributed by atoms with Crippen LogP contribution in [0.25, 0.3) is 5.70 Å². The Labute approximate surface area is 165 Å². The molecule has 0 aromatic heterocycles. The van der Waals surface area contributed by atoms with E-state index in [0.29, 0.717) is 11.6 Å². The highest BCUT2D eigenvalue weighted by molar-refractivity contribution is 5.61. The molecule has 1 aliphatic heterocycles. The molecule has 0 radical (unpaired) electrons. The molecule has 1 saturated heterocycles. The third-order valence-electron chi connectivity index (χ3n) is 6.37. The summed E-state index contributed by atoms with van der Waals surface area (Å²) in [5.74, 6) is 0.593. The summed E-state index contributed by atoms with van der Waals surface area (Å²) in [7, 11) is 4.37. The SMILES string of the molecule is C=C(N)c1cccc([C@]2(C)CCN(CCC3=CCC=C3)C[C@H]2CN(C)C)c1. The molecule has 3 nitrogen and oxygen atoms in total. The summed E-state index contributed by atoms with van der Waals surface area (Å²) in [5, 5.41) is 0. The van der Waals surface area contributed by atoms with E-state index in [1.54, 1.807) is 0 Å². The van der Waals surface area contributed by atoms with Crippen molar-refractivity contribution in [1.29, 1.82) is 0 Å². The number of hydrogen-bond donors (Lipinski definition) is 1. The van der Waals surface area contributed by atoms with Gasteiger partial charge in [-0.15, -0.1) is 0 Å². The van der Waals surface area contributed by atoms with E-state index in [1.807, 2.05) is 0 Å². The van der Waals surface area contributed by atoms with Crippen LogP contribution in [0.1, 0.15) is 37.3 Å². The van der Waals surface area contributed by atoms with E-state index in [-0.39, 0.29) is 5.41 Å². The van der Waals surface area contributed by atoms with Gasteiger partial charge in [-0.05, 0) is 68.4 Å². The number of benzene rings is 1. The van der Waals surface area contributed by atoms with Gasteiger partial charge in [-0.1, -0.05) is 55.5 Å². The number of piperidine rings is 1. The Morgan fingerprint density at radius 2 is 2.19 bits per heavy atom. The van der Waals surface area contributed by atoms with Crippen molar-refractivity contribution in [3.05, 3.63) is 65.8 Å². The molecule has 27 heavy (non-hydrogen) atoms. The minimum atomic E-state index is 0.165. The average molecular weight is 366 g/mol. The smallest absolute Gasteiger partial charge is 0.0314 e. The van der Waals surface area contributed by atoms with E-state index in [0.717, 1.165) is 38.2 Å². The first-order valence-corrected chi connectivity index (χ1v) is 10.2. The minimum absolute atomic E-state index is 0.165. The molecule has 2 aliphatic rings. The molecule has 0 bridgehead atoms. The van der Waals surface area contributed by atoms with Crippen LogP contribution in [0, 0.1) is 5.92 Å². The van der Waals surface area contributed by atoms with Crippen LogP contribution in [0.15, 0.2) is 54.6 Å². The molecule has 1 aromatic carbocycles. The lowest BCUT2D eigenvalue weighted by atomic mass is 9.66. The number of nitrogens with zero attached hydrogens (tertiary/aromatic N) is 2. The fourth-order valence-electron chi connectivity index (χ4n) is 4.54. The lowest BCUT2D eigenvalue weighted by Crippen LogP contribution is -2.51. The monoisotopic (exact) mass is 365 g/mol. The molecule has 0 amide bonds. The summed E-state index contributed by atoms with van der Waals surface area (Å²) in [6.45, 7) is 10.9. The topological polar surface area (TPSA) is 32.5 Å². The van der Waals surface area contributed by atoms with Gasteiger partial charge in [0.15, 0.2) is 0 Å². The van der Waals surface area contributed by atoms with Crippen LogP contribution in [-0.2, 0) is 5.41 Å². The molecule has 0 saturated carbocycles. The number of allylic oxidation sites excluding steroid dienone is 3. The van der Waals surface area contributed by atoms with Crippen LogP contribution in [0.5, 0.6) is 0 Å². The van der Waals surface area contributed by atoms with Gasteiger partial charge in [-0.25, -0.2) is 0 Å². The standard InChI is InChI=1S/C24H35N3/c1-19(25)21-10-7-11-22(16-21)24(2)13-15-27(18-23(24)17-26(3)4)14-12-20-8-5-6-9-20/h5,7-11,16,23H,1,6,12-15,17-18,25H2,2-4H3/t23-,24+/m1/s1. The van der Waals surface area contributed by atoms with Gasteiger partial charge in [-0.2, -0.15) is 0 Å². The van der Waals surface area contributed by atoms with Crippen molar-refractivity contribution < 1.29 is 0 Å². The zero-order chi connectivity index (χ0) is 19.4. The van der Waals surface area contributed by atoms with Gasteiger partial charge in [0.05, 0.1) is 0 Å². The molecule has 0 unspecified atom stereocenters. The highest BCUT2D eigenvalue weighted by Gasteiger charge is 2.40. The molecular formula is C24H35N3. The molecule has 2 atom stereocenters. The van der Waals surface area contributed by atoms with Crippen LogP contribution in [-0.4, -0.2) is 50.1 Å². The Bertz CT molecular complexity index is 731. The first kappa shape index (κ1) is 19.9. The van der Waals surface area contributed by atoms with Gasteiger partial charge >= 0.3 is 0 Å². The molecule has 0 spiro atoms. The quantitative estimate of drug-likeness (QED) is 0.792. The second-order valence-electron chi connectivity index (χ2n) is 8.70. The summed E-state index contributed by atoms with van der Waals surface area (Å²) in [6, 6.07) is 8.73. The molecule has 1 aliphatic carbocycles. The lowest BCUT2D eigenvalue weighted by Gasteiger charge is -2.47. The minimum Gasteiger partial charge on any atom is -0.399 e. The second kappa shape index (κ2) is 8.45. The van der Waals surface area contributed by atoms with Crippen LogP contribution in [0.3, 0.4) is 0 Å². The fraction of sp³-hybridized carbons (Fsp3) is 0.500. The summed E-state index contributed by atoms with van der Waals surface area (Å²) in [6.07, 6.45) is 10.4. The zero-order valence-electron chi connectivity index (χ0n) is 17.2. The van der Waals surface area contributed by atoms with E-state index in [1.165, 1.54) is 24.0 Å². The third kappa shape index (κ3) is 4.72. The van der Waals surface area contributed by atoms with Gasteiger partial charge < -0.3 is 15.5 Å². The van der Waals surface area contributed by atoms with Crippen LogP contribution in [0.2, 0.25) is 0 Å². The van der Waals surface area contributed by atoms with Gasteiger partial charge in [-0.3, -0.25) is 0 Å². The zero-order valence-corrected chi connectivity index (χ0v) is 17.2. The lowest BCUT2D eigenvalue weighted by molar-refractivity contribution is 0.0824. The van der Waals surface area contributed by atoms with E-state index in [9.17, 15) is 0 Å². The Morgan fingerprint density at radius 3 is 2.85 bits per heavy atom. The molecule has 1 aromatic rings. The largest absolute Gasteiger partial charge is 0.399 e. The van der Waals surface area contributed by atoms with Gasteiger partial charge in [0, 0.05) is 25.3 Å². The molecule has 1 heterocycles. The Morgan fingerprint density at radius 1 is 1.37 bits per heavy atom. The summed E-state index contributed by atoms with van der Waals surface area (Å²) < 4.78 is 0. The van der Waals surface area contributed by atoms with E-state index >= 15 is 0 Å². The molecule has 1 fully saturated rings. The maximum atomic E-state index is 5.97. The maximum Gasteiger partial charge on any atom is 0.0314 e. The molecule has 3 rings (SSSR count). The molecule has 3 heteroatoms. The predicted octanol–water partition coefficient (Wildman–Crippen LogP) is 4.03. The van der Waals surface area contributed by atoms with E-state index < -0.39 is 0 Å². The third-order valence-corrected chi connectivity index (χ3v) is 6.37. The maximum absolute atomic E-state index is 5.97. The van der Waals surface area contributed by atoms with Crippen molar-refractivity contribution in [3.63, 3.8) is 0 Å². The molecule has 2 N–H and O–H groups in total. The first-order valence-electron chi connectivity index (χ1n) is 10.2. The van der Waals surface area contributed by atoms with E-state index in [4.69, 9.17) is 5.73 Å². The van der Waals surface area contributed by atoms with Crippen molar-refractivity contribution >= 4 is 5.70 Å². The number of likely N-dealkylation sites (tertiary alicyclic amines) is 1.